The summed E-state index contributed by atoms with van der Waals surface area (Å²) < 4.78 is 23.6. The molecule has 0 radical (unpaired) electrons. The molecule has 8 heteroatoms. The number of aryl methyl sites for hydroxylation is 1. The van der Waals surface area contributed by atoms with Crippen molar-refractivity contribution in [1.29, 1.82) is 0 Å². The number of nitrogens with zero attached hydrogens (tertiary/aromatic N) is 2. The summed E-state index contributed by atoms with van der Waals surface area (Å²) in [6.45, 7) is 2.99. The van der Waals surface area contributed by atoms with Crippen molar-refractivity contribution in [3.8, 4) is 23.0 Å². The van der Waals surface area contributed by atoms with Crippen molar-refractivity contribution in [3.05, 3.63) is 45.9 Å². The molecule has 1 aromatic heterocycles. The average molecular weight is 416 g/mol. The quantitative estimate of drug-likeness (QED) is 0.720. The Morgan fingerprint density at radius 3 is 2.07 bits per heavy atom. The summed E-state index contributed by atoms with van der Waals surface area (Å²) in [6.07, 6.45) is 1.33. The Kier molecular flexibility index (Phi) is 6.54. The summed E-state index contributed by atoms with van der Waals surface area (Å²) in [4.78, 5) is 26.8. The van der Waals surface area contributed by atoms with Crippen molar-refractivity contribution in [2.45, 2.75) is 25.9 Å². The lowest BCUT2D eigenvalue weighted by Crippen LogP contribution is -2.41. The van der Waals surface area contributed by atoms with Gasteiger partial charge in [0, 0.05) is 50.3 Å². The van der Waals surface area contributed by atoms with Crippen LogP contribution in [-0.2, 0) is 7.05 Å². The highest BCUT2D eigenvalue weighted by atomic mass is 16.5. The predicted molar refractivity (Wildman–Crippen MR) is 112 cm³/mol. The molecule has 1 saturated heterocycles. The summed E-state index contributed by atoms with van der Waals surface area (Å²) >= 11 is 0. The fraction of sp³-hybridized carbons (Fsp3) is 0.455. The highest BCUT2D eigenvalue weighted by Crippen LogP contribution is 2.38. The molecule has 0 saturated carbocycles. The van der Waals surface area contributed by atoms with Crippen LogP contribution >= 0.6 is 0 Å². The van der Waals surface area contributed by atoms with Gasteiger partial charge in [0.25, 0.3) is 11.5 Å². The fourth-order valence-corrected chi connectivity index (χ4v) is 3.56. The van der Waals surface area contributed by atoms with Crippen molar-refractivity contribution in [3.63, 3.8) is 0 Å². The Balaban J connectivity index is 1.68. The Morgan fingerprint density at radius 1 is 0.967 bits per heavy atom. The lowest BCUT2D eigenvalue weighted by Gasteiger charge is -2.32. The number of carbonyl (C=O) groups excluding carboxylic acids is 1. The number of likely N-dealkylation sites (tertiary alicyclic amines) is 1. The zero-order valence-corrected chi connectivity index (χ0v) is 18.1. The molecule has 8 nitrogen and oxygen atoms in total. The van der Waals surface area contributed by atoms with Crippen LogP contribution in [0.4, 0.5) is 0 Å². The monoisotopic (exact) mass is 416 g/mol. The van der Waals surface area contributed by atoms with Gasteiger partial charge in [-0.25, -0.2) is 0 Å². The SMILES string of the molecule is COc1cc(C(=O)N2CCC(Oc3cc(C)n(C)c(=O)c3)CC2)cc(OC)c1OC. The number of hydrogen-bond acceptors (Lipinski definition) is 6. The van der Waals surface area contributed by atoms with Crippen LogP contribution in [0.2, 0.25) is 0 Å². The number of carbonyl (C=O) groups is 1. The molecule has 0 unspecified atom stereocenters. The molecule has 1 amide bonds. The molecule has 1 aromatic carbocycles. The van der Waals surface area contributed by atoms with Gasteiger partial charge in [0.15, 0.2) is 11.5 Å². The molecule has 0 atom stereocenters. The number of hydrogen-bond donors (Lipinski definition) is 0. The fourth-order valence-electron chi connectivity index (χ4n) is 3.56. The van der Waals surface area contributed by atoms with E-state index < -0.39 is 0 Å². The third-order valence-electron chi connectivity index (χ3n) is 5.42. The number of pyridine rings is 1. The van der Waals surface area contributed by atoms with Crippen LogP contribution in [0, 0.1) is 6.92 Å². The summed E-state index contributed by atoms with van der Waals surface area (Å²) in [5, 5.41) is 0. The zero-order valence-electron chi connectivity index (χ0n) is 18.1. The Morgan fingerprint density at radius 2 is 1.57 bits per heavy atom. The molecular formula is C22H28N2O6. The van der Waals surface area contributed by atoms with Gasteiger partial charge in [-0.15, -0.1) is 0 Å². The van der Waals surface area contributed by atoms with Crippen LogP contribution in [0.25, 0.3) is 0 Å². The first-order chi connectivity index (χ1) is 14.4. The molecule has 2 heterocycles. The largest absolute Gasteiger partial charge is 0.493 e. The molecule has 0 N–H and O–H groups in total. The van der Waals surface area contributed by atoms with Gasteiger partial charge in [-0.05, 0) is 25.1 Å². The first kappa shape index (κ1) is 21.5. The van der Waals surface area contributed by atoms with Crippen molar-refractivity contribution in [2.75, 3.05) is 34.4 Å². The van der Waals surface area contributed by atoms with Crippen molar-refractivity contribution < 1.29 is 23.7 Å². The van der Waals surface area contributed by atoms with Gasteiger partial charge in [-0.2, -0.15) is 0 Å². The molecule has 0 spiro atoms. The number of methoxy groups -OCH3 is 3. The topological polar surface area (TPSA) is 79.2 Å². The average Bonchev–Trinajstić information content (AvgIpc) is 2.76. The lowest BCUT2D eigenvalue weighted by molar-refractivity contribution is 0.0594. The number of amides is 1. The number of rotatable bonds is 6. The van der Waals surface area contributed by atoms with E-state index in [-0.39, 0.29) is 17.6 Å². The van der Waals surface area contributed by atoms with E-state index in [1.165, 1.54) is 27.4 Å². The van der Waals surface area contributed by atoms with Crippen molar-refractivity contribution >= 4 is 5.91 Å². The third kappa shape index (κ3) is 4.37. The lowest BCUT2D eigenvalue weighted by atomic mass is 10.1. The van der Waals surface area contributed by atoms with Crippen LogP contribution in [0.1, 0.15) is 28.9 Å². The molecule has 2 aromatic rings. The van der Waals surface area contributed by atoms with E-state index in [1.807, 2.05) is 13.0 Å². The van der Waals surface area contributed by atoms with Gasteiger partial charge < -0.3 is 28.4 Å². The van der Waals surface area contributed by atoms with Gasteiger partial charge in [-0.1, -0.05) is 0 Å². The first-order valence-corrected chi connectivity index (χ1v) is 9.81. The summed E-state index contributed by atoms with van der Waals surface area (Å²) in [5.41, 5.74) is 1.22. The van der Waals surface area contributed by atoms with E-state index in [1.54, 1.807) is 28.6 Å². The Hall–Kier alpha value is -3.16. The molecule has 1 aliphatic rings. The molecule has 30 heavy (non-hydrogen) atoms. The second kappa shape index (κ2) is 9.11. The van der Waals surface area contributed by atoms with E-state index in [0.717, 1.165) is 5.69 Å². The van der Waals surface area contributed by atoms with Gasteiger partial charge in [-0.3, -0.25) is 9.59 Å². The van der Waals surface area contributed by atoms with Gasteiger partial charge in [0.2, 0.25) is 5.75 Å². The second-order valence-corrected chi connectivity index (χ2v) is 7.25. The minimum Gasteiger partial charge on any atom is -0.493 e. The van der Waals surface area contributed by atoms with Crippen LogP contribution in [0.3, 0.4) is 0 Å². The maximum atomic E-state index is 13.0. The number of aromatic nitrogens is 1. The molecule has 0 bridgehead atoms. The normalized spacial score (nSPS) is 14.4. The summed E-state index contributed by atoms with van der Waals surface area (Å²) in [6, 6.07) is 6.68. The number of benzene rings is 1. The van der Waals surface area contributed by atoms with Crippen LogP contribution in [0.5, 0.6) is 23.0 Å². The Labute approximate surface area is 175 Å². The minimum absolute atomic E-state index is 0.0412. The molecule has 0 aliphatic carbocycles. The number of piperidine rings is 1. The first-order valence-electron chi connectivity index (χ1n) is 9.81. The van der Waals surface area contributed by atoms with E-state index in [9.17, 15) is 9.59 Å². The second-order valence-electron chi connectivity index (χ2n) is 7.25. The van der Waals surface area contributed by atoms with Gasteiger partial charge >= 0.3 is 0 Å². The van der Waals surface area contributed by atoms with Crippen LogP contribution < -0.4 is 24.5 Å². The van der Waals surface area contributed by atoms with Crippen molar-refractivity contribution in [1.82, 2.24) is 9.47 Å². The minimum atomic E-state index is -0.0999. The predicted octanol–water partition coefficient (Wildman–Crippen LogP) is 2.40. The molecule has 1 fully saturated rings. The summed E-state index contributed by atoms with van der Waals surface area (Å²) in [5.74, 6) is 1.81. The molecule has 3 rings (SSSR count). The van der Waals surface area contributed by atoms with Gasteiger partial charge in [0.1, 0.15) is 11.9 Å². The highest BCUT2D eigenvalue weighted by molar-refractivity contribution is 5.95. The van der Waals surface area contributed by atoms with E-state index in [0.29, 0.717) is 54.5 Å². The van der Waals surface area contributed by atoms with Crippen LogP contribution in [0.15, 0.2) is 29.1 Å². The maximum Gasteiger partial charge on any atom is 0.254 e. The zero-order chi connectivity index (χ0) is 21.8. The molecule has 1 aliphatic heterocycles. The maximum absolute atomic E-state index is 13.0. The van der Waals surface area contributed by atoms with Gasteiger partial charge in [0.05, 0.1) is 21.3 Å². The summed E-state index contributed by atoms with van der Waals surface area (Å²) in [7, 11) is 6.30. The number of ether oxygens (including phenoxy) is 4. The molecular weight excluding hydrogens is 388 g/mol. The third-order valence-corrected chi connectivity index (χ3v) is 5.42. The van der Waals surface area contributed by atoms with E-state index >= 15 is 0 Å². The Bertz CT molecular complexity index is 951. The molecule has 162 valence electrons. The van der Waals surface area contributed by atoms with Crippen LogP contribution in [-0.4, -0.2) is 55.9 Å². The smallest absolute Gasteiger partial charge is 0.254 e. The van der Waals surface area contributed by atoms with E-state index in [2.05, 4.69) is 0 Å². The van der Waals surface area contributed by atoms with E-state index in [4.69, 9.17) is 18.9 Å². The van der Waals surface area contributed by atoms with Crippen molar-refractivity contribution in [2.24, 2.45) is 7.05 Å². The standard InChI is InChI=1S/C22H28N2O6/c1-14-10-17(13-20(25)23(14)2)30-16-6-8-24(9-7-16)22(26)15-11-18(27-3)21(29-5)19(12-15)28-4/h10-13,16H,6-9H2,1-5H3. The highest BCUT2D eigenvalue weighted by Gasteiger charge is 2.26.